The van der Waals surface area contributed by atoms with E-state index >= 15 is 0 Å². The van der Waals surface area contributed by atoms with Crippen LogP contribution in [0.3, 0.4) is 0 Å². The SMILES string of the molecule is Cc1cc(C)c(N)c(C)c1.Cc1cc(C)c(Nc2cc(Nc3c(C)cc(C)cc3C)cc(N(c3ccccc3)c3ccccc3)c2)c(C)c1.Clc1cc(Cl)cc(N(c2ccccc2)c2ccccc2)c1.[HH].[HH]. The second-order valence-corrected chi connectivity index (χ2v) is 18.9. The van der Waals surface area contributed by atoms with E-state index in [2.05, 4.69) is 208 Å². The van der Waals surface area contributed by atoms with Crippen LogP contribution in [0.25, 0.3) is 0 Å². The van der Waals surface area contributed by atoms with Crippen molar-refractivity contribution in [1.82, 2.24) is 0 Å². The summed E-state index contributed by atoms with van der Waals surface area (Å²) in [4.78, 5) is 4.43. The minimum atomic E-state index is 0. The van der Waals surface area contributed by atoms with Crippen LogP contribution in [0, 0.1) is 62.3 Å². The fraction of sp³-hybridized carbons (Fsp3) is 0.143. The quantitative estimate of drug-likeness (QED) is 0.119. The van der Waals surface area contributed by atoms with Gasteiger partial charge < -0.3 is 26.2 Å². The van der Waals surface area contributed by atoms with Crippen LogP contribution < -0.4 is 26.2 Å². The Bertz CT molecular complexity index is 2940. The molecule has 4 N–H and O–H groups in total. The van der Waals surface area contributed by atoms with Crippen molar-refractivity contribution in [3.05, 3.63) is 254 Å². The van der Waals surface area contributed by atoms with E-state index < -0.39 is 0 Å². The van der Waals surface area contributed by atoms with Gasteiger partial charge in [0.15, 0.2) is 0 Å². The Labute approximate surface area is 429 Å². The highest BCUT2D eigenvalue weighted by atomic mass is 35.5. The van der Waals surface area contributed by atoms with Gasteiger partial charge in [-0.1, -0.05) is 149 Å². The monoisotopic (exact) mass is 963 g/mol. The fourth-order valence-corrected chi connectivity index (χ4v) is 9.50. The Kier molecular flexibility index (Phi) is 16.7. The van der Waals surface area contributed by atoms with Crippen molar-refractivity contribution >= 4 is 85.8 Å². The first-order chi connectivity index (χ1) is 33.6. The van der Waals surface area contributed by atoms with Gasteiger partial charge in [-0.3, -0.25) is 0 Å². The molecule has 9 rings (SSSR count). The fourth-order valence-electron chi connectivity index (χ4n) is 8.99. The number of nitrogen functional groups attached to an aromatic ring is 1. The summed E-state index contributed by atoms with van der Waals surface area (Å²) in [7, 11) is 0. The number of aryl methyl sites for hydroxylation is 9. The molecule has 0 aromatic heterocycles. The molecule has 9 aromatic carbocycles. The van der Waals surface area contributed by atoms with Crippen LogP contribution in [0.1, 0.15) is 52.9 Å². The van der Waals surface area contributed by atoms with Crippen molar-refractivity contribution in [2.45, 2.75) is 62.3 Å². The summed E-state index contributed by atoms with van der Waals surface area (Å²) in [6.07, 6.45) is 0. The molecular weight excluding hydrogens is 898 g/mol. The molecule has 0 saturated heterocycles. The molecule has 0 radical (unpaired) electrons. The van der Waals surface area contributed by atoms with Gasteiger partial charge in [0.05, 0.1) is 5.69 Å². The topological polar surface area (TPSA) is 56.6 Å². The van der Waals surface area contributed by atoms with E-state index in [9.17, 15) is 0 Å². The molecule has 0 saturated carbocycles. The van der Waals surface area contributed by atoms with Crippen LogP contribution in [-0.2, 0) is 0 Å². The van der Waals surface area contributed by atoms with Crippen LogP contribution in [0.5, 0.6) is 0 Å². The second-order valence-electron chi connectivity index (χ2n) is 18.0. The first-order valence-corrected chi connectivity index (χ1v) is 24.3. The van der Waals surface area contributed by atoms with Gasteiger partial charge in [0.2, 0.25) is 0 Å². The van der Waals surface area contributed by atoms with E-state index in [0.717, 1.165) is 62.6 Å². The first-order valence-electron chi connectivity index (χ1n) is 23.6. The van der Waals surface area contributed by atoms with Crippen molar-refractivity contribution < 1.29 is 2.85 Å². The average molecular weight is 965 g/mol. The van der Waals surface area contributed by atoms with Gasteiger partial charge in [-0.15, -0.1) is 0 Å². The number of nitrogens with zero attached hydrogens (tertiary/aromatic N) is 2. The molecule has 7 heteroatoms. The van der Waals surface area contributed by atoms with Gasteiger partial charge in [0, 0.05) is 69.8 Å². The molecule has 0 unspecified atom stereocenters. The Morgan fingerprint density at radius 1 is 0.329 bits per heavy atom. The van der Waals surface area contributed by atoms with Gasteiger partial charge >= 0.3 is 0 Å². The van der Waals surface area contributed by atoms with Crippen molar-refractivity contribution in [1.29, 1.82) is 0 Å². The minimum absolute atomic E-state index is 0. The van der Waals surface area contributed by atoms with Crippen molar-refractivity contribution in [2.24, 2.45) is 0 Å². The lowest BCUT2D eigenvalue weighted by atomic mass is 10.0. The molecule has 0 aliphatic rings. The Morgan fingerprint density at radius 3 is 0.900 bits per heavy atom. The number of anilines is 11. The number of benzene rings is 9. The first kappa shape index (κ1) is 50.4. The van der Waals surface area contributed by atoms with Gasteiger partial charge in [-0.2, -0.15) is 0 Å². The Morgan fingerprint density at radius 2 is 0.600 bits per heavy atom. The zero-order valence-electron chi connectivity index (χ0n) is 41.7. The van der Waals surface area contributed by atoms with Crippen LogP contribution >= 0.6 is 23.2 Å². The van der Waals surface area contributed by atoms with Crippen LogP contribution in [-0.4, -0.2) is 0 Å². The lowest BCUT2D eigenvalue weighted by molar-refractivity contribution is 1.27. The average Bonchev–Trinajstić information content (AvgIpc) is 3.32. The summed E-state index contributed by atoms with van der Waals surface area (Å²) >= 11 is 12.3. The third-order valence-electron chi connectivity index (χ3n) is 12.0. The molecule has 0 atom stereocenters. The summed E-state index contributed by atoms with van der Waals surface area (Å²) in [5.41, 5.74) is 28.5. The van der Waals surface area contributed by atoms with E-state index in [4.69, 9.17) is 28.9 Å². The molecule has 0 fully saturated rings. The van der Waals surface area contributed by atoms with E-state index in [1.54, 1.807) is 6.07 Å². The maximum absolute atomic E-state index is 6.16. The smallest absolute Gasteiger partial charge is 0.0502 e. The number of nitrogens with two attached hydrogens (primary N) is 1. The largest absolute Gasteiger partial charge is 0.398 e. The lowest BCUT2D eigenvalue weighted by Crippen LogP contribution is -2.11. The molecule has 0 bridgehead atoms. The molecule has 358 valence electrons. The predicted molar refractivity (Wildman–Crippen MR) is 309 cm³/mol. The maximum atomic E-state index is 6.16. The molecule has 0 spiro atoms. The van der Waals surface area contributed by atoms with Crippen molar-refractivity contribution in [3.8, 4) is 0 Å². The van der Waals surface area contributed by atoms with Crippen LogP contribution in [0.2, 0.25) is 10.0 Å². The highest BCUT2D eigenvalue weighted by molar-refractivity contribution is 6.35. The number of halogens is 2. The lowest BCUT2D eigenvalue weighted by Gasteiger charge is -2.27. The molecule has 0 aliphatic heterocycles. The van der Waals surface area contributed by atoms with Gasteiger partial charge in [0.25, 0.3) is 0 Å². The summed E-state index contributed by atoms with van der Waals surface area (Å²) in [6, 6.07) is 66.7. The molecule has 0 amide bonds. The van der Waals surface area contributed by atoms with Gasteiger partial charge in [0.1, 0.15) is 0 Å². The van der Waals surface area contributed by atoms with E-state index in [0.29, 0.717) is 10.0 Å². The summed E-state index contributed by atoms with van der Waals surface area (Å²) in [5.74, 6) is 0. The summed E-state index contributed by atoms with van der Waals surface area (Å²) in [5, 5.41) is 8.77. The molecule has 0 aliphatic carbocycles. The summed E-state index contributed by atoms with van der Waals surface area (Å²) in [6.45, 7) is 19.1. The highest BCUT2D eigenvalue weighted by Crippen LogP contribution is 2.41. The Balaban J connectivity index is 0.000000243. The van der Waals surface area contributed by atoms with Crippen molar-refractivity contribution in [2.75, 3.05) is 26.2 Å². The summed E-state index contributed by atoms with van der Waals surface area (Å²) < 4.78 is 0. The Hall–Kier alpha value is -7.44. The number of para-hydroxylation sites is 4. The standard InChI is InChI=1S/C36H37N3.C18H13Cl2N.C9H13N.2H2/c1-24-17-26(3)35(27(4)18-24)37-30-21-31(38-36-28(5)19-25(2)20-29(36)6)23-34(22-30)39(32-13-9-7-10-14-32)33-15-11-8-12-16-33;19-14-11-15(20)13-18(12-14)21(16-7-3-1-4-8-16)17-9-5-2-6-10-17;1-6-4-7(2)9(10)8(3)5-6;;/h7-23,37-38H,1-6H3;1-13H;4-5H,10H2,1-3H3;2*1H. The third-order valence-corrected chi connectivity index (χ3v) is 12.4. The second kappa shape index (κ2) is 23.2. The predicted octanol–water partition coefficient (Wildman–Crippen LogP) is 19.6. The maximum Gasteiger partial charge on any atom is 0.0502 e. The van der Waals surface area contributed by atoms with Gasteiger partial charge in [-0.05, 0) is 181 Å². The molecule has 5 nitrogen and oxygen atoms in total. The van der Waals surface area contributed by atoms with Crippen molar-refractivity contribution in [3.63, 3.8) is 0 Å². The minimum Gasteiger partial charge on any atom is -0.398 e. The zero-order chi connectivity index (χ0) is 49.9. The number of rotatable bonds is 10. The normalized spacial score (nSPS) is 10.6. The van der Waals surface area contributed by atoms with Crippen LogP contribution in [0.4, 0.5) is 62.6 Å². The van der Waals surface area contributed by atoms with E-state index in [-0.39, 0.29) is 2.85 Å². The molecule has 9 aromatic rings. The zero-order valence-corrected chi connectivity index (χ0v) is 43.2. The third kappa shape index (κ3) is 13.0. The molecular formula is C63H67Cl2N5. The number of nitrogens with one attached hydrogen (secondary N) is 2. The van der Waals surface area contributed by atoms with Crippen LogP contribution in [0.15, 0.2) is 194 Å². The number of hydrogen-bond donors (Lipinski definition) is 3. The van der Waals surface area contributed by atoms with Gasteiger partial charge in [-0.25, -0.2) is 0 Å². The highest BCUT2D eigenvalue weighted by Gasteiger charge is 2.17. The number of hydrogen-bond acceptors (Lipinski definition) is 5. The molecule has 0 heterocycles. The van der Waals surface area contributed by atoms with E-state index in [1.807, 2.05) is 62.4 Å². The van der Waals surface area contributed by atoms with E-state index in [1.165, 1.54) is 50.1 Å². The molecule has 70 heavy (non-hydrogen) atoms.